The Morgan fingerprint density at radius 3 is 2.22 bits per heavy atom. The van der Waals surface area contributed by atoms with E-state index in [0.29, 0.717) is 0 Å². The van der Waals surface area contributed by atoms with E-state index < -0.39 is 0 Å². The van der Waals surface area contributed by atoms with Crippen molar-refractivity contribution in [2.45, 2.75) is 0 Å². The second-order valence-electron chi connectivity index (χ2n) is 5.83. The molecule has 5 aromatic rings. The Kier molecular flexibility index (Phi) is 2.56. The minimum atomic E-state index is 1.18. The Hall–Kier alpha value is -3.06. The fourth-order valence-electron chi connectivity index (χ4n) is 3.45. The third-order valence-electron chi connectivity index (χ3n) is 4.49. The Bertz CT molecular complexity index is 1150. The van der Waals surface area contributed by atoms with Crippen molar-refractivity contribution in [1.29, 1.82) is 0 Å². The highest BCUT2D eigenvalue weighted by molar-refractivity contribution is 6.13. The Labute approximate surface area is 134 Å². The molecule has 0 saturated heterocycles. The molecule has 0 amide bonds. The molecule has 0 aliphatic heterocycles. The SMILES string of the molecule is [c]1ccc2c3cc4ccccc4cc3n(-c3ccccc3)c2c1. The molecule has 0 spiro atoms. The van der Waals surface area contributed by atoms with Crippen molar-refractivity contribution in [2.75, 3.05) is 0 Å². The van der Waals surface area contributed by atoms with E-state index in [1.165, 1.54) is 38.3 Å². The summed E-state index contributed by atoms with van der Waals surface area (Å²) in [5.74, 6) is 0. The smallest absolute Gasteiger partial charge is 0.0547 e. The van der Waals surface area contributed by atoms with Crippen LogP contribution >= 0.6 is 0 Å². The van der Waals surface area contributed by atoms with E-state index in [9.17, 15) is 0 Å². The molecule has 107 valence electrons. The summed E-state index contributed by atoms with van der Waals surface area (Å²) in [5, 5.41) is 5.11. The molecule has 1 nitrogen and oxygen atoms in total. The maximum Gasteiger partial charge on any atom is 0.0547 e. The number of benzene rings is 4. The number of nitrogens with zero attached hydrogens (tertiary/aromatic N) is 1. The molecular weight excluding hydrogens is 278 g/mol. The quantitative estimate of drug-likeness (QED) is 0.371. The molecule has 1 heteroatoms. The van der Waals surface area contributed by atoms with Crippen LogP contribution in [0.25, 0.3) is 38.3 Å². The third-order valence-corrected chi connectivity index (χ3v) is 4.49. The first-order valence-electron chi connectivity index (χ1n) is 7.80. The minimum absolute atomic E-state index is 1.18. The van der Waals surface area contributed by atoms with Gasteiger partial charge < -0.3 is 4.57 Å². The van der Waals surface area contributed by atoms with E-state index in [1.807, 2.05) is 6.07 Å². The van der Waals surface area contributed by atoms with Crippen LogP contribution < -0.4 is 0 Å². The lowest BCUT2D eigenvalue weighted by Crippen LogP contribution is -1.92. The van der Waals surface area contributed by atoms with Gasteiger partial charge >= 0.3 is 0 Å². The average molecular weight is 292 g/mol. The molecule has 0 saturated carbocycles. The van der Waals surface area contributed by atoms with Crippen molar-refractivity contribution in [1.82, 2.24) is 4.57 Å². The van der Waals surface area contributed by atoms with E-state index in [4.69, 9.17) is 0 Å². The molecule has 23 heavy (non-hydrogen) atoms. The van der Waals surface area contributed by atoms with E-state index in [0.717, 1.165) is 0 Å². The highest BCUT2D eigenvalue weighted by atomic mass is 15.0. The molecule has 0 atom stereocenters. The van der Waals surface area contributed by atoms with E-state index in [-0.39, 0.29) is 0 Å². The zero-order valence-electron chi connectivity index (χ0n) is 12.5. The molecule has 1 heterocycles. The number of para-hydroxylation sites is 1. The second kappa shape index (κ2) is 4.72. The van der Waals surface area contributed by atoms with Crippen LogP contribution in [0.15, 0.2) is 84.9 Å². The van der Waals surface area contributed by atoms with Gasteiger partial charge in [0.15, 0.2) is 0 Å². The van der Waals surface area contributed by atoms with Gasteiger partial charge in [0.25, 0.3) is 0 Å². The second-order valence-corrected chi connectivity index (χ2v) is 5.83. The zero-order chi connectivity index (χ0) is 15.2. The highest BCUT2D eigenvalue weighted by Crippen LogP contribution is 2.34. The molecular formula is C22H14N. The van der Waals surface area contributed by atoms with Crippen molar-refractivity contribution in [3.8, 4) is 5.69 Å². The summed E-state index contributed by atoms with van der Waals surface area (Å²) in [6.45, 7) is 0. The summed E-state index contributed by atoms with van der Waals surface area (Å²) in [6, 6.07) is 33.1. The van der Waals surface area contributed by atoms with Gasteiger partial charge in [0.2, 0.25) is 0 Å². The first kappa shape index (κ1) is 12.5. The normalized spacial score (nSPS) is 11.5. The van der Waals surface area contributed by atoms with Crippen molar-refractivity contribution in [3.05, 3.63) is 91.0 Å². The molecule has 5 rings (SSSR count). The number of hydrogen-bond donors (Lipinski definition) is 0. The molecule has 0 bridgehead atoms. The Balaban J connectivity index is 2.03. The van der Waals surface area contributed by atoms with Crippen LogP contribution in [-0.4, -0.2) is 4.57 Å². The minimum Gasteiger partial charge on any atom is -0.309 e. The van der Waals surface area contributed by atoms with Crippen LogP contribution in [0.4, 0.5) is 0 Å². The lowest BCUT2D eigenvalue weighted by atomic mass is 10.1. The fourth-order valence-corrected chi connectivity index (χ4v) is 3.45. The first-order chi connectivity index (χ1) is 11.4. The molecule has 0 N–H and O–H groups in total. The van der Waals surface area contributed by atoms with Crippen LogP contribution in [0.5, 0.6) is 0 Å². The van der Waals surface area contributed by atoms with Crippen LogP contribution in [0.1, 0.15) is 0 Å². The largest absolute Gasteiger partial charge is 0.309 e. The van der Waals surface area contributed by atoms with Crippen LogP contribution in [0.2, 0.25) is 0 Å². The topological polar surface area (TPSA) is 4.93 Å². The van der Waals surface area contributed by atoms with Crippen LogP contribution in [0, 0.1) is 6.07 Å². The number of fused-ring (bicyclic) bond motifs is 4. The van der Waals surface area contributed by atoms with Gasteiger partial charge in [-0.1, -0.05) is 54.6 Å². The highest BCUT2D eigenvalue weighted by Gasteiger charge is 2.12. The van der Waals surface area contributed by atoms with Gasteiger partial charge in [0.05, 0.1) is 11.0 Å². The predicted molar refractivity (Wildman–Crippen MR) is 97.1 cm³/mol. The first-order valence-corrected chi connectivity index (χ1v) is 7.80. The van der Waals surface area contributed by atoms with E-state index in [2.05, 4.69) is 89.5 Å². The molecule has 4 aromatic carbocycles. The number of hydrogen-bond acceptors (Lipinski definition) is 0. The summed E-state index contributed by atoms with van der Waals surface area (Å²) < 4.78 is 2.33. The van der Waals surface area contributed by atoms with Crippen molar-refractivity contribution in [2.24, 2.45) is 0 Å². The monoisotopic (exact) mass is 292 g/mol. The average Bonchev–Trinajstić information content (AvgIpc) is 2.94. The van der Waals surface area contributed by atoms with Crippen molar-refractivity contribution >= 4 is 32.6 Å². The van der Waals surface area contributed by atoms with Gasteiger partial charge in [-0.15, -0.1) is 0 Å². The summed E-state index contributed by atoms with van der Waals surface area (Å²) in [5.41, 5.74) is 3.62. The van der Waals surface area contributed by atoms with Gasteiger partial charge in [-0.05, 0) is 47.2 Å². The maximum absolute atomic E-state index is 3.23. The summed E-state index contributed by atoms with van der Waals surface area (Å²) in [7, 11) is 0. The number of aromatic nitrogens is 1. The maximum atomic E-state index is 3.23. The van der Waals surface area contributed by atoms with Crippen molar-refractivity contribution in [3.63, 3.8) is 0 Å². The molecule has 0 unspecified atom stereocenters. The van der Waals surface area contributed by atoms with Gasteiger partial charge in [-0.25, -0.2) is 0 Å². The van der Waals surface area contributed by atoms with E-state index in [1.54, 1.807) is 0 Å². The van der Waals surface area contributed by atoms with Gasteiger partial charge in [0, 0.05) is 16.5 Å². The fraction of sp³-hybridized carbons (Fsp3) is 0. The standard InChI is InChI=1S/C22H14N/c1-2-10-18(11-3-1)23-21-13-7-6-12-19(21)20-14-16-8-4-5-9-17(16)15-22(20)23/h1-6,8-15H. The molecule has 0 fully saturated rings. The third kappa shape index (κ3) is 1.80. The van der Waals surface area contributed by atoms with E-state index >= 15 is 0 Å². The molecule has 0 aliphatic carbocycles. The lowest BCUT2D eigenvalue weighted by molar-refractivity contribution is 1.18. The molecule has 0 aliphatic rings. The van der Waals surface area contributed by atoms with Gasteiger partial charge in [-0.3, -0.25) is 0 Å². The lowest BCUT2D eigenvalue weighted by Gasteiger charge is -2.07. The van der Waals surface area contributed by atoms with Gasteiger partial charge in [0.1, 0.15) is 0 Å². The summed E-state index contributed by atoms with van der Waals surface area (Å²) in [6.07, 6.45) is 0. The summed E-state index contributed by atoms with van der Waals surface area (Å²) in [4.78, 5) is 0. The molecule has 1 radical (unpaired) electrons. The van der Waals surface area contributed by atoms with Crippen LogP contribution in [0.3, 0.4) is 0 Å². The molecule has 1 aromatic heterocycles. The number of rotatable bonds is 1. The summed E-state index contributed by atoms with van der Waals surface area (Å²) >= 11 is 0. The predicted octanol–water partition coefficient (Wildman–Crippen LogP) is 5.74. The van der Waals surface area contributed by atoms with Crippen LogP contribution in [-0.2, 0) is 0 Å². The zero-order valence-corrected chi connectivity index (χ0v) is 12.5. The Morgan fingerprint density at radius 1 is 0.652 bits per heavy atom. The van der Waals surface area contributed by atoms with Crippen molar-refractivity contribution < 1.29 is 0 Å². The van der Waals surface area contributed by atoms with Gasteiger partial charge in [-0.2, -0.15) is 0 Å². The Morgan fingerprint density at radius 2 is 1.39 bits per heavy atom.